The summed E-state index contributed by atoms with van der Waals surface area (Å²) in [6.45, 7) is 2.77. The van der Waals surface area contributed by atoms with Gasteiger partial charge in [0.2, 0.25) is 5.88 Å². The molecule has 3 rings (SSSR count). The molecule has 0 spiro atoms. The number of halogens is 2. The Bertz CT molecular complexity index is 885. The molecule has 1 fully saturated rings. The largest absolute Gasteiger partial charge is 0.481 e. The molecule has 2 aromatic rings. The third-order valence-electron chi connectivity index (χ3n) is 4.25. The maximum atomic E-state index is 13.8. The van der Waals surface area contributed by atoms with E-state index in [9.17, 15) is 13.6 Å². The fourth-order valence-electron chi connectivity index (χ4n) is 2.71. The molecule has 1 aromatic carbocycles. The van der Waals surface area contributed by atoms with Gasteiger partial charge in [0.05, 0.1) is 13.7 Å². The molecule has 0 amide bonds. The summed E-state index contributed by atoms with van der Waals surface area (Å²) in [5, 5.41) is 9.23. The van der Waals surface area contributed by atoms with Gasteiger partial charge in [0, 0.05) is 55.7 Å². The number of rotatable bonds is 9. The Hall–Kier alpha value is -2.15. The average molecular weight is 458 g/mol. The van der Waals surface area contributed by atoms with Crippen LogP contribution in [0.25, 0.3) is 0 Å². The van der Waals surface area contributed by atoms with Crippen molar-refractivity contribution in [3.8, 4) is 5.88 Å². The number of thioether (sulfide) groups is 1. The molecule has 162 valence electrons. The number of ether oxygens (including phenoxy) is 1. The number of carboxylic acid groups (broad SMARTS) is 1. The molecule has 0 bridgehead atoms. The molecule has 1 aliphatic heterocycles. The summed E-state index contributed by atoms with van der Waals surface area (Å²) in [7, 11) is 1.49. The number of benzene rings is 1. The van der Waals surface area contributed by atoms with Gasteiger partial charge in [-0.15, -0.1) is 0 Å². The standard InChI is InChI=1S/C18H21F2N5O3S2/c1-28-15-9-14(23-30-25-7-5-24(6-8-25)10-16(26)27)21-18(22-15)29-11-12-3-2-4-13(19)17(12)20/h2-4,9H,5-8,10-11H2,1H3,(H,26,27)(H,21,22,23). The van der Waals surface area contributed by atoms with E-state index in [2.05, 4.69) is 19.0 Å². The Kier molecular flexibility index (Phi) is 8.08. The third-order valence-corrected chi connectivity index (χ3v) is 6.07. The van der Waals surface area contributed by atoms with Crippen molar-refractivity contribution < 1.29 is 23.4 Å². The highest BCUT2D eigenvalue weighted by atomic mass is 32.2. The Morgan fingerprint density at radius 1 is 1.27 bits per heavy atom. The monoisotopic (exact) mass is 457 g/mol. The van der Waals surface area contributed by atoms with Crippen molar-refractivity contribution >= 4 is 35.7 Å². The summed E-state index contributed by atoms with van der Waals surface area (Å²) in [5.74, 6) is -1.55. The SMILES string of the molecule is COc1cc(NSN2CCN(CC(=O)O)CC2)nc(SCc2cccc(F)c2F)n1. The van der Waals surface area contributed by atoms with Crippen LogP contribution in [-0.4, -0.2) is 70.1 Å². The summed E-state index contributed by atoms with van der Waals surface area (Å²) >= 11 is 2.54. The predicted octanol–water partition coefficient (Wildman–Crippen LogP) is 2.73. The summed E-state index contributed by atoms with van der Waals surface area (Å²) in [5.41, 5.74) is 0.231. The van der Waals surface area contributed by atoms with E-state index in [0.29, 0.717) is 43.0 Å². The van der Waals surface area contributed by atoms with Crippen LogP contribution >= 0.6 is 23.9 Å². The maximum absolute atomic E-state index is 13.8. The molecule has 1 aromatic heterocycles. The van der Waals surface area contributed by atoms with Crippen molar-refractivity contribution in [2.75, 3.05) is 44.6 Å². The van der Waals surface area contributed by atoms with E-state index >= 15 is 0 Å². The molecule has 0 radical (unpaired) electrons. The molecular formula is C18H21F2N5O3S2. The van der Waals surface area contributed by atoms with E-state index in [1.54, 1.807) is 6.07 Å². The summed E-state index contributed by atoms with van der Waals surface area (Å²) in [6.07, 6.45) is 0. The van der Waals surface area contributed by atoms with E-state index in [0.717, 1.165) is 6.07 Å². The first-order valence-corrected chi connectivity index (χ1v) is 10.8. The van der Waals surface area contributed by atoms with Crippen LogP contribution in [0.2, 0.25) is 0 Å². The minimum absolute atomic E-state index is 0.0432. The number of aromatic nitrogens is 2. The number of piperazine rings is 1. The molecule has 12 heteroatoms. The smallest absolute Gasteiger partial charge is 0.317 e. The van der Waals surface area contributed by atoms with E-state index in [4.69, 9.17) is 9.84 Å². The van der Waals surface area contributed by atoms with Crippen molar-refractivity contribution in [3.05, 3.63) is 41.5 Å². The van der Waals surface area contributed by atoms with Crippen LogP contribution in [-0.2, 0) is 10.5 Å². The van der Waals surface area contributed by atoms with Crippen LogP contribution in [0.3, 0.4) is 0 Å². The average Bonchev–Trinajstić information content (AvgIpc) is 2.74. The fraction of sp³-hybridized carbons (Fsp3) is 0.389. The number of anilines is 1. The van der Waals surface area contributed by atoms with Crippen molar-refractivity contribution in [3.63, 3.8) is 0 Å². The highest BCUT2D eigenvalue weighted by Gasteiger charge is 2.19. The third kappa shape index (κ3) is 6.42. The van der Waals surface area contributed by atoms with Gasteiger partial charge in [-0.3, -0.25) is 9.69 Å². The molecule has 2 N–H and O–H groups in total. The predicted molar refractivity (Wildman–Crippen MR) is 111 cm³/mol. The number of nitrogens with zero attached hydrogens (tertiary/aromatic N) is 4. The van der Waals surface area contributed by atoms with E-state index < -0.39 is 17.6 Å². The van der Waals surface area contributed by atoms with Crippen LogP contribution in [0.1, 0.15) is 5.56 Å². The second-order valence-corrected chi connectivity index (χ2v) is 8.22. The van der Waals surface area contributed by atoms with Gasteiger partial charge >= 0.3 is 5.97 Å². The quantitative estimate of drug-likeness (QED) is 0.333. The second kappa shape index (κ2) is 10.8. The zero-order valence-electron chi connectivity index (χ0n) is 16.2. The number of carbonyl (C=O) groups is 1. The lowest BCUT2D eigenvalue weighted by Gasteiger charge is -2.32. The van der Waals surface area contributed by atoms with Crippen LogP contribution in [0.4, 0.5) is 14.6 Å². The van der Waals surface area contributed by atoms with Crippen LogP contribution in [0.15, 0.2) is 29.4 Å². The Balaban J connectivity index is 1.57. The molecule has 0 atom stereocenters. The maximum Gasteiger partial charge on any atom is 0.317 e. The topological polar surface area (TPSA) is 90.8 Å². The van der Waals surface area contributed by atoms with Crippen molar-refractivity contribution in [2.24, 2.45) is 0 Å². The molecule has 1 aliphatic rings. The molecule has 0 unspecified atom stereocenters. The first kappa shape index (κ1) is 22.5. The van der Waals surface area contributed by atoms with Gasteiger partial charge in [-0.1, -0.05) is 23.9 Å². The zero-order valence-corrected chi connectivity index (χ0v) is 17.8. The van der Waals surface area contributed by atoms with Crippen molar-refractivity contribution in [1.29, 1.82) is 0 Å². The second-order valence-electron chi connectivity index (χ2n) is 6.37. The molecule has 8 nitrogen and oxygen atoms in total. The molecule has 2 heterocycles. The van der Waals surface area contributed by atoms with Gasteiger partial charge in [0.1, 0.15) is 5.82 Å². The summed E-state index contributed by atoms with van der Waals surface area (Å²) < 4.78 is 37.6. The lowest BCUT2D eigenvalue weighted by Crippen LogP contribution is -2.45. The summed E-state index contributed by atoms with van der Waals surface area (Å²) in [6, 6.07) is 5.69. The molecule has 30 heavy (non-hydrogen) atoms. The zero-order chi connectivity index (χ0) is 21.5. The highest BCUT2D eigenvalue weighted by Crippen LogP contribution is 2.27. The van der Waals surface area contributed by atoms with E-state index in [-0.39, 0.29) is 17.9 Å². The van der Waals surface area contributed by atoms with Gasteiger partial charge < -0.3 is 14.6 Å². The van der Waals surface area contributed by atoms with Gasteiger partial charge in [-0.05, 0) is 6.07 Å². The highest BCUT2D eigenvalue weighted by molar-refractivity contribution is 7.98. The van der Waals surface area contributed by atoms with Gasteiger partial charge in [-0.2, -0.15) is 4.98 Å². The minimum atomic E-state index is -0.887. The van der Waals surface area contributed by atoms with E-state index in [1.165, 1.54) is 43.1 Å². The van der Waals surface area contributed by atoms with E-state index in [1.807, 2.05) is 4.90 Å². The fourth-order valence-corrected chi connectivity index (χ4v) is 4.21. The van der Waals surface area contributed by atoms with Crippen LogP contribution < -0.4 is 9.46 Å². The number of carboxylic acids is 1. The number of methoxy groups -OCH3 is 1. The lowest BCUT2D eigenvalue weighted by atomic mass is 10.2. The van der Waals surface area contributed by atoms with Crippen LogP contribution in [0, 0.1) is 11.6 Å². The van der Waals surface area contributed by atoms with Gasteiger partial charge in [0.25, 0.3) is 0 Å². The number of hydrogen-bond acceptors (Lipinski definition) is 9. The normalized spacial score (nSPS) is 15.2. The first-order chi connectivity index (χ1) is 14.4. The van der Waals surface area contributed by atoms with Gasteiger partial charge in [-0.25, -0.2) is 18.1 Å². The first-order valence-electron chi connectivity index (χ1n) is 9.05. The van der Waals surface area contributed by atoms with Crippen molar-refractivity contribution in [2.45, 2.75) is 10.9 Å². The number of nitrogens with one attached hydrogen (secondary N) is 1. The molecule has 0 aliphatic carbocycles. The van der Waals surface area contributed by atoms with Crippen molar-refractivity contribution in [1.82, 2.24) is 19.2 Å². The Morgan fingerprint density at radius 2 is 2.03 bits per heavy atom. The number of hydrogen-bond donors (Lipinski definition) is 2. The molecular weight excluding hydrogens is 436 g/mol. The number of aliphatic carboxylic acids is 1. The minimum Gasteiger partial charge on any atom is -0.481 e. The Morgan fingerprint density at radius 3 is 2.73 bits per heavy atom. The summed E-state index contributed by atoms with van der Waals surface area (Å²) in [4.78, 5) is 21.3. The van der Waals surface area contributed by atoms with Crippen LogP contribution in [0.5, 0.6) is 5.88 Å². The lowest BCUT2D eigenvalue weighted by molar-refractivity contribution is -0.138. The van der Waals surface area contributed by atoms with Gasteiger partial charge in [0.15, 0.2) is 16.8 Å². The Labute approximate surface area is 181 Å². The molecule has 1 saturated heterocycles. The molecule has 0 saturated carbocycles.